The van der Waals surface area contributed by atoms with E-state index in [-0.39, 0.29) is 23.9 Å². The van der Waals surface area contributed by atoms with E-state index in [4.69, 9.17) is 4.74 Å². The fraction of sp³-hybridized carbons (Fsp3) is 0.647. The Morgan fingerprint density at radius 2 is 1.67 bits per heavy atom. The first kappa shape index (κ1) is 31.1. The Hall–Kier alpha value is -2.40. The average Bonchev–Trinajstić information content (AvgIpc) is 3.40. The Bertz CT molecular complexity index is 1010. The minimum atomic E-state index is 0.0811. The van der Waals surface area contributed by atoms with E-state index in [1.54, 1.807) is 5.56 Å². The topological polar surface area (TPSA) is 49.9 Å². The zero-order valence-corrected chi connectivity index (χ0v) is 25.4. The third-order valence-corrected chi connectivity index (χ3v) is 8.27. The predicted octanol–water partition coefficient (Wildman–Crippen LogP) is 7.04. The number of carbonyl (C=O) groups excluding carboxylic acids is 2. The maximum absolute atomic E-state index is 13.1. The summed E-state index contributed by atoms with van der Waals surface area (Å²) in [5.41, 5.74) is 6.25. The van der Waals surface area contributed by atoms with Crippen LogP contribution in [0.4, 0.5) is 0 Å². The molecule has 1 aromatic rings. The van der Waals surface area contributed by atoms with Crippen molar-refractivity contribution in [3.05, 3.63) is 58.3 Å². The lowest BCUT2D eigenvalue weighted by Gasteiger charge is -2.37. The third-order valence-electron chi connectivity index (χ3n) is 8.27. The summed E-state index contributed by atoms with van der Waals surface area (Å²) in [6, 6.07) is 8.81. The van der Waals surface area contributed by atoms with Gasteiger partial charge < -0.3 is 14.5 Å². The zero-order chi connectivity index (χ0) is 28.4. The van der Waals surface area contributed by atoms with Crippen LogP contribution >= 0.6 is 0 Å². The molecule has 0 aromatic heterocycles. The van der Waals surface area contributed by atoms with Crippen molar-refractivity contribution >= 4 is 11.7 Å². The van der Waals surface area contributed by atoms with Crippen molar-refractivity contribution in [2.45, 2.75) is 112 Å². The largest absolute Gasteiger partial charge is 0.372 e. The van der Waals surface area contributed by atoms with Crippen LogP contribution in [-0.4, -0.2) is 59.9 Å². The van der Waals surface area contributed by atoms with Crippen LogP contribution in [0.5, 0.6) is 0 Å². The number of morpholine rings is 1. The van der Waals surface area contributed by atoms with E-state index in [0.717, 1.165) is 30.8 Å². The van der Waals surface area contributed by atoms with E-state index in [1.807, 2.05) is 31.7 Å². The molecule has 39 heavy (non-hydrogen) atoms. The molecule has 2 aliphatic heterocycles. The van der Waals surface area contributed by atoms with Gasteiger partial charge in [-0.15, -0.1) is 0 Å². The molecule has 0 N–H and O–H groups in total. The molecule has 1 saturated heterocycles. The molecule has 5 heteroatoms. The van der Waals surface area contributed by atoms with E-state index < -0.39 is 0 Å². The van der Waals surface area contributed by atoms with Crippen LogP contribution in [0.15, 0.2) is 47.2 Å². The number of nitrogens with zero attached hydrogens (tertiary/aromatic N) is 2. The van der Waals surface area contributed by atoms with E-state index in [1.165, 1.54) is 48.9 Å². The first-order valence-electron chi connectivity index (χ1n) is 15.5. The van der Waals surface area contributed by atoms with Crippen molar-refractivity contribution in [3.63, 3.8) is 0 Å². The molecule has 0 spiro atoms. The van der Waals surface area contributed by atoms with E-state index in [9.17, 15) is 9.59 Å². The SMILES string of the molecule is CCC(=O)CN1CC=C(C(=O)N2CC(C)OC(C)C2)C2=C1CCC2.CCCC(CCC)Cc1ccccc1C. The fourth-order valence-corrected chi connectivity index (χ4v) is 6.33. The Labute approximate surface area is 237 Å². The number of hydrogen-bond donors (Lipinski definition) is 0. The number of ketones is 1. The number of amides is 1. The molecule has 1 amide bonds. The van der Waals surface area contributed by atoms with Crippen molar-refractivity contribution in [1.82, 2.24) is 9.80 Å². The minimum absolute atomic E-state index is 0.0811. The molecule has 1 aliphatic carbocycles. The molecule has 216 valence electrons. The number of benzene rings is 1. The van der Waals surface area contributed by atoms with Gasteiger partial charge in [0, 0.05) is 37.3 Å². The molecule has 2 atom stereocenters. The number of rotatable bonds is 10. The lowest BCUT2D eigenvalue weighted by Crippen LogP contribution is -2.49. The van der Waals surface area contributed by atoms with Gasteiger partial charge in [0.15, 0.2) is 5.78 Å². The van der Waals surface area contributed by atoms with Crippen LogP contribution in [0.3, 0.4) is 0 Å². The number of Topliss-reactive ketones (excluding diaryl/α,β-unsaturated/α-hetero) is 1. The predicted molar refractivity (Wildman–Crippen MR) is 161 cm³/mol. The second-order valence-corrected chi connectivity index (χ2v) is 11.7. The molecule has 0 saturated carbocycles. The summed E-state index contributed by atoms with van der Waals surface area (Å²) in [6.45, 7) is 15.2. The van der Waals surface area contributed by atoms with Crippen LogP contribution in [0, 0.1) is 12.8 Å². The Kier molecular flexibility index (Phi) is 12.3. The highest BCUT2D eigenvalue weighted by molar-refractivity contribution is 5.98. The smallest absolute Gasteiger partial charge is 0.254 e. The van der Waals surface area contributed by atoms with Gasteiger partial charge in [-0.05, 0) is 69.1 Å². The summed E-state index contributed by atoms with van der Waals surface area (Å²) in [5, 5.41) is 0. The minimum Gasteiger partial charge on any atom is -0.372 e. The number of allylic oxidation sites excluding steroid dienone is 1. The second-order valence-electron chi connectivity index (χ2n) is 11.7. The standard InChI is InChI=1S/C19H28N2O3.C15H24/c1-4-15(22)12-20-9-8-17(16-6-5-7-18(16)20)19(23)21-10-13(2)24-14(3)11-21;1-4-8-14(9-5-2)12-15-11-7-6-10-13(15)3/h8,13-14H,4-7,9-12H2,1-3H3;6-7,10-11,14H,4-5,8-9,12H2,1-3H3. The van der Waals surface area contributed by atoms with Crippen molar-refractivity contribution < 1.29 is 14.3 Å². The molecule has 5 nitrogen and oxygen atoms in total. The van der Waals surface area contributed by atoms with E-state index in [2.05, 4.69) is 49.9 Å². The molecule has 3 aliphatic rings. The highest BCUT2D eigenvalue weighted by Gasteiger charge is 2.34. The molecular weight excluding hydrogens is 484 g/mol. The van der Waals surface area contributed by atoms with Crippen LogP contribution in [0.2, 0.25) is 0 Å². The maximum Gasteiger partial charge on any atom is 0.254 e. The van der Waals surface area contributed by atoms with Crippen LogP contribution in [0.1, 0.15) is 97.1 Å². The molecule has 1 fully saturated rings. The van der Waals surface area contributed by atoms with Gasteiger partial charge in [-0.25, -0.2) is 0 Å². The molecule has 2 unspecified atom stereocenters. The molecule has 4 rings (SSSR count). The molecule has 2 heterocycles. The number of aryl methyl sites for hydroxylation is 1. The number of hydrogen-bond acceptors (Lipinski definition) is 4. The summed E-state index contributed by atoms with van der Waals surface area (Å²) >= 11 is 0. The Morgan fingerprint density at radius 1 is 1.00 bits per heavy atom. The van der Waals surface area contributed by atoms with Crippen LogP contribution < -0.4 is 0 Å². The van der Waals surface area contributed by atoms with Crippen molar-refractivity contribution in [1.29, 1.82) is 0 Å². The van der Waals surface area contributed by atoms with Gasteiger partial charge in [0.1, 0.15) is 0 Å². The monoisotopic (exact) mass is 536 g/mol. The van der Waals surface area contributed by atoms with Gasteiger partial charge in [-0.2, -0.15) is 0 Å². The maximum atomic E-state index is 13.1. The summed E-state index contributed by atoms with van der Waals surface area (Å²) < 4.78 is 5.74. The van der Waals surface area contributed by atoms with Crippen molar-refractivity contribution in [2.75, 3.05) is 26.2 Å². The first-order valence-corrected chi connectivity index (χ1v) is 15.5. The quantitative estimate of drug-likeness (QED) is 0.322. The zero-order valence-electron chi connectivity index (χ0n) is 25.4. The Balaban J connectivity index is 0.000000242. The molecule has 1 aromatic carbocycles. The van der Waals surface area contributed by atoms with E-state index in [0.29, 0.717) is 32.6 Å². The first-order chi connectivity index (χ1) is 18.8. The summed E-state index contributed by atoms with van der Waals surface area (Å²) in [4.78, 5) is 29.0. The highest BCUT2D eigenvalue weighted by Crippen LogP contribution is 2.37. The van der Waals surface area contributed by atoms with Crippen molar-refractivity contribution in [3.8, 4) is 0 Å². The van der Waals surface area contributed by atoms with Gasteiger partial charge in [-0.1, -0.05) is 76.8 Å². The average molecular weight is 537 g/mol. The molecule has 0 radical (unpaired) electrons. The second kappa shape index (κ2) is 15.4. The Morgan fingerprint density at radius 3 is 2.28 bits per heavy atom. The van der Waals surface area contributed by atoms with Crippen LogP contribution in [0.25, 0.3) is 0 Å². The fourth-order valence-electron chi connectivity index (χ4n) is 6.33. The molecular formula is C34H52N2O3. The lowest BCUT2D eigenvalue weighted by molar-refractivity contribution is -0.138. The molecule has 0 bridgehead atoms. The summed E-state index contributed by atoms with van der Waals surface area (Å²) in [5.74, 6) is 1.28. The number of ether oxygens (including phenoxy) is 1. The summed E-state index contributed by atoms with van der Waals surface area (Å²) in [7, 11) is 0. The van der Waals surface area contributed by atoms with Gasteiger partial charge >= 0.3 is 0 Å². The summed E-state index contributed by atoms with van der Waals surface area (Å²) in [6.07, 6.45) is 12.4. The van der Waals surface area contributed by atoms with Crippen molar-refractivity contribution in [2.24, 2.45) is 5.92 Å². The third kappa shape index (κ3) is 8.79. The van der Waals surface area contributed by atoms with Gasteiger partial charge in [0.05, 0.1) is 18.8 Å². The van der Waals surface area contributed by atoms with Gasteiger partial charge in [0.25, 0.3) is 5.91 Å². The lowest BCUT2D eigenvalue weighted by atomic mass is 9.89. The van der Waals surface area contributed by atoms with E-state index >= 15 is 0 Å². The normalized spacial score (nSPS) is 20.9. The van der Waals surface area contributed by atoms with Gasteiger partial charge in [-0.3, -0.25) is 9.59 Å². The highest BCUT2D eigenvalue weighted by atomic mass is 16.5. The van der Waals surface area contributed by atoms with Crippen LogP contribution in [-0.2, 0) is 20.7 Å². The van der Waals surface area contributed by atoms with Gasteiger partial charge in [0.2, 0.25) is 0 Å². The number of carbonyl (C=O) groups is 2.